The van der Waals surface area contributed by atoms with Gasteiger partial charge < -0.3 is 10.0 Å². The first-order valence-electron chi connectivity index (χ1n) is 5.44. The Morgan fingerprint density at radius 3 is 2.71 bits per heavy atom. The van der Waals surface area contributed by atoms with Gasteiger partial charge in [-0.3, -0.25) is 9.78 Å². The van der Waals surface area contributed by atoms with E-state index in [4.69, 9.17) is 0 Å². The van der Waals surface area contributed by atoms with Crippen molar-refractivity contribution in [3.05, 3.63) is 30.1 Å². The van der Waals surface area contributed by atoms with Crippen LogP contribution in [0.3, 0.4) is 0 Å². The van der Waals surface area contributed by atoms with Crippen LogP contribution >= 0.6 is 0 Å². The lowest BCUT2D eigenvalue weighted by Gasteiger charge is -2.34. The average molecular weight is 236 g/mol. The van der Waals surface area contributed by atoms with Crippen molar-refractivity contribution in [2.75, 3.05) is 6.54 Å². The minimum absolute atomic E-state index is 0.355. The number of nitrogens with zero attached hydrogens (tertiary/aromatic N) is 2. The van der Waals surface area contributed by atoms with Crippen molar-refractivity contribution < 1.29 is 14.7 Å². The molecular weight excluding hydrogens is 220 g/mol. The third-order valence-electron chi connectivity index (χ3n) is 2.75. The number of pyridine rings is 1. The van der Waals surface area contributed by atoms with Crippen LogP contribution in [0.5, 0.6) is 0 Å². The molecule has 0 aliphatic carbocycles. The average Bonchev–Trinajstić information content (AvgIpc) is 2.35. The molecule has 0 radical (unpaired) electrons. The molecule has 1 N–H and O–H groups in total. The van der Waals surface area contributed by atoms with Gasteiger partial charge in [0.25, 0.3) is 0 Å². The smallest absolute Gasteiger partial charge is 0.335 e. The Morgan fingerprint density at radius 2 is 2.29 bits per heavy atom. The van der Waals surface area contributed by atoms with Gasteiger partial charge in [0.2, 0.25) is 6.41 Å². The zero-order valence-electron chi connectivity index (χ0n) is 9.96. The van der Waals surface area contributed by atoms with Gasteiger partial charge in [0, 0.05) is 12.7 Å². The summed E-state index contributed by atoms with van der Waals surface area (Å²) in [5.41, 5.74) is -1.06. The first-order chi connectivity index (χ1) is 8.07. The van der Waals surface area contributed by atoms with Gasteiger partial charge in [-0.15, -0.1) is 0 Å². The molecule has 1 atom stereocenters. The van der Waals surface area contributed by atoms with Crippen LogP contribution in [-0.4, -0.2) is 33.9 Å². The highest BCUT2D eigenvalue weighted by molar-refractivity contribution is 5.82. The highest BCUT2D eigenvalue weighted by Crippen LogP contribution is 2.26. The maximum absolute atomic E-state index is 11.5. The summed E-state index contributed by atoms with van der Waals surface area (Å²) in [5, 5.41) is 9.37. The zero-order chi connectivity index (χ0) is 12.9. The number of rotatable bonds is 6. The van der Waals surface area contributed by atoms with Crippen molar-refractivity contribution in [3.8, 4) is 0 Å². The molecule has 1 unspecified atom stereocenters. The van der Waals surface area contributed by atoms with E-state index in [9.17, 15) is 14.7 Å². The molecule has 0 bridgehead atoms. The molecule has 1 aromatic rings. The van der Waals surface area contributed by atoms with Crippen LogP contribution in [0.1, 0.15) is 26.0 Å². The van der Waals surface area contributed by atoms with E-state index in [2.05, 4.69) is 4.98 Å². The molecule has 0 saturated carbocycles. The molecule has 0 aliphatic rings. The molecular formula is C12H16N2O3. The number of carbonyl (C=O) groups is 2. The third-order valence-corrected chi connectivity index (χ3v) is 2.75. The molecule has 5 nitrogen and oxygen atoms in total. The first-order valence-corrected chi connectivity index (χ1v) is 5.44. The quantitative estimate of drug-likeness (QED) is 0.754. The van der Waals surface area contributed by atoms with Crippen molar-refractivity contribution in [2.45, 2.75) is 25.8 Å². The van der Waals surface area contributed by atoms with E-state index in [0.717, 1.165) is 0 Å². The summed E-state index contributed by atoms with van der Waals surface area (Å²) in [6.07, 6.45) is 2.77. The highest BCUT2D eigenvalue weighted by atomic mass is 16.4. The Labute approximate surface area is 100 Å². The first kappa shape index (κ1) is 13.2. The molecule has 0 spiro atoms. The molecule has 92 valence electrons. The van der Waals surface area contributed by atoms with Crippen LogP contribution in [-0.2, 0) is 15.1 Å². The summed E-state index contributed by atoms with van der Waals surface area (Å²) in [4.78, 5) is 27.8. The molecule has 1 heterocycles. The van der Waals surface area contributed by atoms with Crippen molar-refractivity contribution in [3.63, 3.8) is 0 Å². The van der Waals surface area contributed by atoms with Gasteiger partial charge in [-0.1, -0.05) is 13.0 Å². The van der Waals surface area contributed by atoms with E-state index in [-0.39, 0.29) is 0 Å². The number of amides is 1. The SMILES string of the molecule is CCCN(C=O)C(C)(C(=O)O)c1ccccn1. The van der Waals surface area contributed by atoms with Crippen LogP contribution in [0.4, 0.5) is 0 Å². The maximum Gasteiger partial charge on any atom is 0.335 e. The van der Waals surface area contributed by atoms with Crippen LogP contribution in [0.2, 0.25) is 0 Å². The summed E-state index contributed by atoms with van der Waals surface area (Å²) >= 11 is 0. The van der Waals surface area contributed by atoms with Gasteiger partial charge in [0.15, 0.2) is 5.54 Å². The second-order valence-corrected chi connectivity index (χ2v) is 3.89. The van der Waals surface area contributed by atoms with Gasteiger partial charge in [-0.2, -0.15) is 0 Å². The van der Waals surface area contributed by atoms with E-state index in [1.165, 1.54) is 18.0 Å². The molecule has 0 saturated heterocycles. The Morgan fingerprint density at radius 1 is 1.59 bits per heavy atom. The number of hydrogen-bond donors (Lipinski definition) is 1. The number of hydrogen-bond acceptors (Lipinski definition) is 3. The highest BCUT2D eigenvalue weighted by Gasteiger charge is 2.41. The minimum Gasteiger partial charge on any atom is -0.479 e. The number of carboxylic acid groups (broad SMARTS) is 1. The molecule has 0 aromatic carbocycles. The number of aliphatic carboxylic acids is 1. The molecule has 1 rings (SSSR count). The third kappa shape index (κ3) is 2.43. The fourth-order valence-electron chi connectivity index (χ4n) is 1.65. The van der Waals surface area contributed by atoms with Crippen molar-refractivity contribution in [1.29, 1.82) is 0 Å². The summed E-state index contributed by atoms with van der Waals surface area (Å²) in [5.74, 6) is -1.09. The van der Waals surface area contributed by atoms with E-state index in [1.54, 1.807) is 18.2 Å². The predicted molar refractivity (Wildman–Crippen MR) is 62.3 cm³/mol. The van der Waals surface area contributed by atoms with E-state index in [1.807, 2.05) is 6.92 Å². The predicted octanol–water partition coefficient (Wildman–Crippen LogP) is 1.25. The van der Waals surface area contributed by atoms with Crippen LogP contribution in [0, 0.1) is 0 Å². The Bertz CT molecular complexity index is 394. The molecule has 0 aliphatic heterocycles. The van der Waals surface area contributed by atoms with Gasteiger partial charge in [-0.05, 0) is 25.5 Å². The van der Waals surface area contributed by atoms with Crippen LogP contribution in [0.25, 0.3) is 0 Å². The normalized spacial score (nSPS) is 13.8. The summed E-state index contributed by atoms with van der Waals surface area (Å²) in [7, 11) is 0. The van der Waals surface area contributed by atoms with Crippen LogP contribution < -0.4 is 0 Å². The number of carbonyl (C=O) groups excluding carboxylic acids is 1. The lowest BCUT2D eigenvalue weighted by atomic mass is 9.95. The molecule has 1 amide bonds. The second kappa shape index (κ2) is 5.43. The van der Waals surface area contributed by atoms with Gasteiger partial charge in [0.1, 0.15) is 0 Å². The summed E-state index contributed by atoms with van der Waals surface area (Å²) < 4.78 is 0. The lowest BCUT2D eigenvalue weighted by molar-refractivity contribution is -0.155. The zero-order valence-corrected chi connectivity index (χ0v) is 9.96. The number of aromatic nitrogens is 1. The van der Waals surface area contributed by atoms with Crippen LogP contribution in [0.15, 0.2) is 24.4 Å². The minimum atomic E-state index is -1.42. The summed E-state index contributed by atoms with van der Waals surface area (Å²) in [6.45, 7) is 3.75. The van der Waals surface area contributed by atoms with Gasteiger partial charge in [0.05, 0.1) is 5.69 Å². The Kier molecular flexibility index (Phi) is 4.20. The fraction of sp³-hybridized carbons (Fsp3) is 0.417. The van der Waals surface area contributed by atoms with E-state index >= 15 is 0 Å². The van der Waals surface area contributed by atoms with Gasteiger partial charge in [-0.25, -0.2) is 4.79 Å². The Balaban J connectivity index is 3.22. The van der Waals surface area contributed by atoms with Crippen molar-refractivity contribution >= 4 is 12.4 Å². The Hall–Kier alpha value is -1.91. The standard InChI is InChI=1S/C12H16N2O3/c1-3-8-14(9-15)12(2,11(16)17)10-6-4-5-7-13-10/h4-7,9H,3,8H2,1-2H3,(H,16,17). The monoisotopic (exact) mass is 236 g/mol. The maximum atomic E-state index is 11.5. The van der Waals surface area contributed by atoms with Crippen molar-refractivity contribution in [1.82, 2.24) is 9.88 Å². The molecule has 17 heavy (non-hydrogen) atoms. The van der Waals surface area contributed by atoms with Gasteiger partial charge >= 0.3 is 5.97 Å². The number of carboxylic acids is 1. The second-order valence-electron chi connectivity index (χ2n) is 3.89. The fourth-order valence-corrected chi connectivity index (χ4v) is 1.65. The summed E-state index contributed by atoms with van der Waals surface area (Å²) in [6, 6.07) is 5.02. The topological polar surface area (TPSA) is 70.5 Å². The molecule has 5 heteroatoms. The van der Waals surface area contributed by atoms with E-state index in [0.29, 0.717) is 25.1 Å². The van der Waals surface area contributed by atoms with Crippen molar-refractivity contribution in [2.24, 2.45) is 0 Å². The molecule has 1 aromatic heterocycles. The molecule has 0 fully saturated rings. The lowest BCUT2D eigenvalue weighted by Crippen LogP contribution is -2.50. The van der Waals surface area contributed by atoms with E-state index < -0.39 is 11.5 Å². The largest absolute Gasteiger partial charge is 0.479 e.